The number of benzene rings is 2. The number of aromatic nitrogens is 2. The molecule has 0 radical (unpaired) electrons. The molecule has 0 fully saturated rings. The van der Waals surface area contributed by atoms with Crippen molar-refractivity contribution in [2.75, 3.05) is 0 Å². The van der Waals surface area contributed by atoms with E-state index in [0.29, 0.717) is 16.8 Å². The Hall–Kier alpha value is -2.33. The van der Waals surface area contributed by atoms with E-state index in [4.69, 9.17) is 20.8 Å². The first-order chi connectivity index (χ1) is 11.5. The number of hydrogen-bond donors (Lipinski definition) is 0. The zero-order valence-corrected chi connectivity index (χ0v) is 14.7. The second-order valence-corrected chi connectivity index (χ2v) is 6.23. The van der Waals surface area contributed by atoms with Crippen LogP contribution in [0.4, 0.5) is 0 Å². The van der Waals surface area contributed by atoms with Crippen molar-refractivity contribution in [3.05, 3.63) is 64.5 Å². The van der Waals surface area contributed by atoms with Crippen LogP contribution in [0.15, 0.2) is 46.9 Å². The van der Waals surface area contributed by atoms with Gasteiger partial charge in [-0.1, -0.05) is 24.6 Å². The summed E-state index contributed by atoms with van der Waals surface area (Å²) >= 11 is 5.91. The minimum Gasteiger partial charge on any atom is -0.481 e. The average molecular weight is 343 g/mol. The van der Waals surface area contributed by atoms with Gasteiger partial charge in [-0.3, -0.25) is 0 Å². The number of halogens is 1. The maximum absolute atomic E-state index is 6.06. The van der Waals surface area contributed by atoms with E-state index in [-0.39, 0.29) is 6.10 Å². The molecule has 0 saturated carbocycles. The van der Waals surface area contributed by atoms with Crippen molar-refractivity contribution in [3.63, 3.8) is 0 Å². The van der Waals surface area contributed by atoms with E-state index in [2.05, 4.69) is 16.3 Å². The van der Waals surface area contributed by atoms with E-state index < -0.39 is 0 Å². The van der Waals surface area contributed by atoms with Gasteiger partial charge in [-0.15, -0.1) is 10.2 Å². The smallest absolute Gasteiger partial charge is 0.257 e. The monoisotopic (exact) mass is 342 g/mol. The molecule has 3 aromatic rings. The maximum atomic E-state index is 6.06. The Labute approximate surface area is 146 Å². The minimum atomic E-state index is -0.278. The van der Waals surface area contributed by atoms with Gasteiger partial charge in [0.1, 0.15) is 5.75 Å². The van der Waals surface area contributed by atoms with E-state index in [1.165, 1.54) is 0 Å². The predicted molar refractivity (Wildman–Crippen MR) is 94.3 cm³/mol. The lowest BCUT2D eigenvalue weighted by atomic mass is 10.1. The Morgan fingerprint density at radius 3 is 2.33 bits per heavy atom. The quantitative estimate of drug-likeness (QED) is 0.611. The van der Waals surface area contributed by atoms with Crippen LogP contribution in [0, 0.1) is 13.8 Å². The Morgan fingerprint density at radius 2 is 1.71 bits per heavy atom. The number of nitrogens with zero attached hydrogens (tertiary/aromatic N) is 2. The van der Waals surface area contributed by atoms with Gasteiger partial charge >= 0.3 is 0 Å². The molecular formula is C19H19ClN2O2. The second-order valence-electron chi connectivity index (χ2n) is 5.79. The minimum absolute atomic E-state index is 0.278. The lowest BCUT2D eigenvalue weighted by Gasteiger charge is -2.15. The summed E-state index contributed by atoms with van der Waals surface area (Å²) in [6.45, 7) is 6.12. The van der Waals surface area contributed by atoms with Gasteiger partial charge in [-0.2, -0.15) is 0 Å². The van der Waals surface area contributed by atoms with E-state index in [0.717, 1.165) is 28.9 Å². The van der Waals surface area contributed by atoms with Crippen LogP contribution in [0.1, 0.15) is 36.5 Å². The Kier molecular flexibility index (Phi) is 4.86. The normalized spacial score (nSPS) is 12.2. The van der Waals surface area contributed by atoms with Crippen molar-refractivity contribution in [1.29, 1.82) is 0 Å². The Morgan fingerprint density at radius 1 is 1.04 bits per heavy atom. The molecule has 0 aliphatic carbocycles. The fraction of sp³-hybridized carbons (Fsp3) is 0.263. The molecule has 0 bridgehead atoms. The van der Waals surface area contributed by atoms with Crippen LogP contribution in [-0.2, 0) is 0 Å². The molecule has 1 heterocycles. The van der Waals surface area contributed by atoms with Gasteiger partial charge in [-0.25, -0.2) is 0 Å². The highest BCUT2D eigenvalue weighted by Gasteiger charge is 2.20. The highest BCUT2D eigenvalue weighted by atomic mass is 35.5. The summed E-state index contributed by atoms with van der Waals surface area (Å²) in [5.74, 6) is 1.75. The van der Waals surface area contributed by atoms with Gasteiger partial charge in [-0.05, 0) is 67.8 Å². The van der Waals surface area contributed by atoms with E-state index >= 15 is 0 Å². The molecule has 0 amide bonds. The van der Waals surface area contributed by atoms with Crippen molar-refractivity contribution in [3.8, 4) is 17.2 Å². The average Bonchev–Trinajstić information content (AvgIpc) is 3.02. The van der Waals surface area contributed by atoms with Gasteiger partial charge in [0.2, 0.25) is 5.89 Å². The summed E-state index contributed by atoms with van der Waals surface area (Å²) in [6.07, 6.45) is 0.453. The standard InChI is InChI=1S/C19H19ClN2O2/c1-4-17(23-16-10-12(2)9-13(3)11-16)19-22-21-18(24-19)14-5-7-15(20)8-6-14/h5-11,17H,4H2,1-3H3. The summed E-state index contributed by atoms with van der Waals surface area (Å²) in [5.41, 5.74) is 3.15. The van der Waals surface area contributed by atoms with Gasteiger partial charge in [0.25, 0.3) is 5.89 Å². The molecule has 0 saturated heterocycles. The lowest BCUT2D eigenvalue weighted by molar-refractivity contribution is 0.166. The first kappa shape index (κ1) is 16.5. The fourth-order valence-corrected chi connectivity index (χ4v) is 2.67. The molecule has 1 atom stereocenters. The summed E-state index contributed by atoms with van der Waals surface area (Å²) in [4.78, 5) is 0. The number of ether oxygens (including phenoxy) is 1. The molecule has 0 aliphatic rings. The molecule has 24 heavy (non-hydrogen) atoms. The first-order valence-corrected chi connectivity index (χ1v) is 8.27. The molecule has 0 N–H and O–H groups in total. The second kappa shape index (κ2) is 7.05. The molecule has 1 unspecified atom stereocenters. The topological polar surface area (TPSA) is 48.2 Å². The number of hydrogen-bond acceptors (Lipinski definition) is 4. The SMILES string of the molecule is CCC(Oc1cc(C)cc(C)c1)c1nnc(-c2ccc(Cl)cc2)o1. The highest BCUT2D eigenvalue weighted by Crippen LogP contribution is 2.28. The molecule has 5 heteroatoms. The zero-order chi connectivity index (χ0) is 17.1. The number of rotatable bonds is 5. The highest BCUT2D eigenvalue weighted by molar-refractivity contribution is 6.30. The molecule has 3 rings (SSSR count). The third kappa shape index (κ3) is 3.77. The lowest BCUT2D eigenvalue weighted by Crippen LogP contribution is -2.07. The van der Waals surface area contributed by atoms with E-state index in [1.807, 2.05) is 45.0 Å². The van der Waals surface area contributed by atoms with Gasteiger partial charge in [0, 0.05) is 10.6 Å². The predicted octanol–water partition coefficient (Wildman–Crippen LogP) is 5.54. The van der Waals surface area contributed by atoms with Crippen molar-refractivity contribution >= 4 is 11.6 Å². The molecular weight excluding hydrogens is 324 g/mol. The summed E-state index contributed by atoms with van der Waals surface area (Å²) in [6, 6.07) is 13.4. The van der Waals surface area contributed by atoms with E-state index in [1.54, 1.807) is 12.1 Å². The summed E-state index contributed by atoms with van der Waals surface area (Å²) < 4.78 is 11.9. The summed E-state index contributed by atoms with van der Waals surface area (Å²) in [7, 11) is 0. The molecule has 124 valence electrons. The molecule has 4 nitrogen and oxygen atoms in total. The van der Waals surface area contributed by atoms with Crippen molar-refractivity contribution in [2.45, 2.75) is 33.3 Å². The number of aryl methyl sites for hydroxylation is 2. The van der Waals surface area contributed by atoms with Crippen LogP contribution in [0.25, 0.3) is 11.5 Å². The van der Waals surface area contributed by atoms with Crippen LogP contribution >= 0.6 is 11.6 Å². The van der Waals surface area contributed by atoms with Crippen LogP contribution in [0.2, 0.25) is 5.02 Å². The van der Waals surface area contributed by atoms with Gasteiger partial charge in [0.15, 0.2) is 6.10 Å². The summed E-state index contributed by atoms with van der Waals surface area (Å²) in [5, 5.41) is 8.94. The zero-order valence-electron chi connectivity index (χ0n) is 13.9. The van der Waals surface area contributed by atoms with Crippen LogP contribution in [0.5, 0.6) is 5.75 Å². The van der Waals surface area contributed by atoms with Crippen LogP contribution in [0.3, 0.4) is 0 Å². The Balaban J connectivity index is 1.82. The van der Waals surface area contributed by atoms with Crippen molar-refractivity contribution in [1.82, 2.24) is 10.2 Å². The Bertz CT molecular complexity index is 807. The van der Waals surface area contributed by atoms with Crippen molar-refractivity contribution in [2.24, 2.45) is 0 Å². The van der Waals surface area contributed by atoms with Crippen molar-refractivity contribution < 1.29 is 9.15 Å². The van der Waals surface area contributed by atoms with Crippen LogP contribution < -0.4 is 4.74 Å². The first-order valence-electron chi connectivity index (χ1n) is 7.89. The molecule has 1 aromatic heterocycles. The fourth-order valence-electron chi connectivity index (χ4n) is 2.55. The molecule has 2 aromatic carbocycles. The largest absolute Gasteiger partial charge is 0.481 e. The van der Waals surface area contributed by atoms with Gasteiger partial charge in [0.05, 0.1) is 0 Å². The maximum Gasteiger partial charge on any atom is 0.257 e. The third-order valence-corrected chi connectivity index (χ3v) is 3.90. The molecule has 0 aliphatic heterocycles. The van der Waals surface area contributed by atoms with E-state index in [9.17, 15) is 0 Å². The van der Waals surface area contributed by atoms with Crippen LogP contribution in [-0.4, -0.2) is 10.2 Å². The third-order valence-electron chi connectivity index (χ3n) is 3.65. The molecule has 0 spiro atoms. The van der Waals surface area contributed by atoms with Gasteiger partial charge < -0.3 is 9.15 Å².